The van der Waals surface area contributed by atoms with Gasteiger partial charge in [0.05, 0.1) is 13.2 Å². The van der Waals surface area contributed by atoms with Gasteiger partial charge in [0.2, 0.25) is 0 Å². The molecule has 0 saturated heterocycles. The molecule has 0 spiro atoms. The Balaban J connectivity index is -0.000000320. The summed E-state index contributed by atoms with van der Waals surface area (Å²) in [5, 5.41) is 0. The standard InChI is InChI=1S/C5H7O4.CH3.Mg/c1-8-4(3-6)5(7)9-2;;/h4H,1-2H3;1H3;/q2*-1;+2. The summed E-state index contributed by atoms with van der Waals surface area (Å²) < 4.78 is 8.52. The van der Waals surface area contributed by atoms with E-state index in [1.165, 1.54) is 20.5 Å². The third-order valence-corrected chi connectivity index (χ3v) is 0.758. The van der Waals surface area contributed by atoms with Crippen molar-refractivity contribution in [1.82, 2.24) is 0 Å². The molecule has 0 aliphatic carbocycles. The van der Waals surface area contributed by atoms with Gasteiger partial charge in [-0.15, -0.1) is 0 Å². The van der Waals surface area contributed by atoms with Gasteiger partial charge in [0.25, 0.3) is 0 Å². The molecule has 0 fully saturated rings. The molecule has 0 amide bonds. The van der Waals surface area contributed by atoms with Crippen LogP contribution in [0.1, 0.15) is 0 Å². The molecule has 0 radical (unpaired) electrons. The van der Waals surface area contributed by atoms with E-state index in [-0.39, 0.29) is 30.5 Å². The van der Waals surface area contributed by atoms with Crippen LogP contribution in [0.15, 0.2) is 0 Å². The smallest absolute Gasteiger partial charge is 0.539 e. The van der Waals surface area contributed by atoms with Crippen molar-refractivity contribution in [2.24, 2.45) is 0 Å². The third kappa shape index (κ3) is 6.27. The number of hydrogen-bond donors (Lipinski definition) is 0. The van der Waals surface area contributed by atoms with Crippen molar-refractivity contribution in [2.45, 2.75) is 6.10 Å². The molecule has 0 N–H and O–H groups in total. The Kier molecular flexibility index (Phi) is 15.3. The number of methoxy groups -OCH3 is 2. The number of ether oxygens (including phenoxy) is 2. The molecule has 5 heteroatoms. The number of carbonyl (C=O) groups excluding carboxylic acids is 2. The molecule has 60 valence electrons. The molecule has 4 nitrogen and oxygen atoms in total. The summed E-state index contributed by atoms with van der Waals surface area (Å²) >= 11 is 0. The minimum absolute atomic E-state index is 0. The summed E-state index contributed by atoms with van der Waals surface area (Å²) in [6, 6.07) is 0. The molecule has 1 atom stereocenters. The molecule has 0 aromatic rings. The summed E-state index contributed by atoms with van der Waals surface area (Å²) in [5.74, 6) is -0.729. The van der Waals surface area contributed by atoms with Gasteiger partial charge in [0, 0.05) is 7.11 Å². The molecule has 0 aliphatic heterocycles. The van der Waals surface area contributed by atoms with E-state index in [1.807, 2.05) is 0 Å². The molecular weight excluding hydrogens is 160 g/mol. The van der Waals surface area contributed by atoms with Gasteiger partial charge < -0.3 is 21.7 Å². The van der Waals surface area contributed by atoms with E-state index < -0.39 is 12.1 Å². The van der Waals surface area contributed by atoms with E-state index in [4.69, 9.17) is 0 Å². The fourth-order valence-corrected chi connectivity index (χ4v) is 0.299. The van der Waals surface area contributed by atoms with E-state index in [0.717, 1.165) is 0 Å². The van der Waals surface area contributed by atoms with Crippen molar-refractivity contribution in [3.05, 3.63) is 7.43 Å². The van der Waals surface area contributed by atoms with E-state index in [9.17, 15) is 9.59 Å². The van der Waals surface area contributed by atoms with Crippen molar-refractivity contribution in [3.8, 4) is 0 Å². The zero-order valence-corrected chi connectivity index (χ0v) is 8.33. The first-order chi connectivity index (χ1) is 4.26. The summed E-state index contributed by atoms with van der Waals surface area (Å²) in [6.45, 7) is 0. The van der Waals surface area contributed by atoms with Gasteiger partial charge in [-0.05, 0) is 0 Å². The monoisotopic (exact) mass is 170 g/mol. The second-order valence-corrected chi connectivity index (χ2v) is 1.26. The number of rotatable bonds is 3. The van der Waals surface area contributed by atoms with Crippen molar-refractivity contribution in [1.29, 1.82) is 0 Å². The van der Waals surface area contributed by atoms with Gasteiger partial charge in [-0.1, -0.05) is 0 Å². The van der Waals surface area contributed by atoms with Crippen LogP contribution < -0.4 is 0 Å². The van der Waals surface area contributed by atoms with E-state index in [0.29, 0.717) is 0 Å². The Morgan fingerprint density at radius 1 is 1.45 bits per heavy atom. The second kappa shape index (κ2) is 9.87. The van der Waals surface area contributed by atoms with Crippen molar-refractivity contribution < 1.29 is 19.1 Å². The average molecular weight is 170 g/mol. The topological polar surface area (TPSA) is 52.6 Å². The summed E-state index contributed by atoms with van der Waals surface area (Å²) in [6.07, 6.45) is 0.157. The third-order valence-electron chi connectivity index (χ3n) is 0.758. The van der Waals surface area contributed by atoms with Crippen LogP contribution in [0.3, 0.4) is 0 Å². The Bertz CT molecular complexity index is 115. The zero-order chi connectivity index (χ0) is 7.28. The van der Waals surface area contributed by atoms with Crippen molar-refractivity contribution in [3.63, 3.8) is 0 Å². The number of hydrogen-bond acceptors (Lipinski definition) is 4. The maximum Gasteiger partial charge on any atom is 2.00 e. The Morgan fingerprint density at radius 3 is 2.00 bits per heavy atom. The van der Waals surface area contributed by atoms with Crippen LogP contribution >= 0.6 is 0 Å². The fourth-order valence-electron chi connectivity index (χ4n) is 0.299. The van der Waals surface area contributed by atoms with Crippen LogP contribution in [0.5, 0.6) is 0 Å². The molecule has 0 aliphatic rings. The molecule has 0 rings (SSSR count). The molecule has 0 saturated carbocycles. The molecule has 0 heterocycles. The number of carbonyl (C=O) groups is 1. The van der Waals surface area contributed by atoms with Crippen LogP contribution in [0.4, 0.5) is 0 Å². The first-order valence-corrected chi connectivity index (χ1v) is 2.24. The Hall–Kier alpha value is -0.134. The summed E-state index contributed by atoms with van der Waals surface area (Å²) in [4.78, 5) is 20.1. The van der Waals surface area contributed by atoms with Crippen LogP contribution in [0.25, 0.3) is 0 Å². The SMILES string of the molecule is COC(=O)C([C-]=O)OC.[CH3-].[Mg+2]. The first kappa shape index (κ1) is 17.1. The average Bonchev–Trinajstić information content (AvgIpc) is 1.90. The molecule has 1 unspecified atom stereocenters. The first-order valence-electron chi connectivity index (χ1n) is 2.24. The predicted octanol–water partition coefficient (Wildman–Crippen LogP) is -0.646. The Labute approximate surface area is 82.4 Å². The number of esters is 1. The summed E-state index contributed by atoms with van der Waals surface area (Å²) in [5.41, 5.74) is 0. The van der Waals surface area contributed by atoms with Crippen LogP contribution in [0, 0.1) is 7.43 Å². The van der Waals surface area contributed by atoms with Gasteiger partial charge in [-0.3, -0.25) is 4.79 Å². The van der Waals surface area contributed by atoms with Gasteiger partial charge in [-0.2, -0.15) is 0 Å². The molecule has 0 aromatic carbocycles. The van der Waals surface area contributed by atoms with Crippen LogP contribution in [-0.2, 0) is 19.1 Å². The minimum atomic E-state index is -1.20. The quantitative estimate of drug-likeness (QED) is 0.245. The molecule has 0 aromatic heterocycles. The van der Waals surface area contributed by atoms with Gasteiger partial charge in [0.15, 0.2) is 0 Å². The second-order valence-electron chi connectivity index (χ2n) is 1.26. The van der Waals surface area contributed by atoms with Crippen LogP contribution in [0.2, 0.25) is 0 Å². The van der Waals surface area contributed by atoms with Gasteiger partial charge in [-0.25, -0.2) is 6.29 Å². The largest absolute Gasteiger partial charge is 2.00 e. The van der Waals surface area contributed by atoms with E-state index >= 15 is 0 Å². The zero-order valence-electron chi connectivity index (χ0n) is 6.92. The van der Waals surface area contributed by atoms with Crippen LogP contribution in [-0.4, -0.2) is 55.6 Å². The minimum Gasteiger partial charge on any atom is -0.539 e. The maximum absolute atomic E-state index is 10.4. The summed E-state index contributed by atoms with van der Waals surface area (Å²) in [7, 11) is 2.40. The van der Waals surface area contributed by atoms with E-state index in [1.54, 1.807) is 0 Å². The molecule has 11 heavy (non-hydrogen) atoms. The Morgan fingerprint density at radius 2 is 1.91 bits per heavy atom. The predicted molar refractivity (Wildman–Crippen MR) is 40.7 cm³/mol. The van der Waals surface area contributed by atoms with Crippen molar-refractivity contribution in [2.75, 3.05) is 14.2 Å². The van der Waals surface area contributed by atoms with Gasteiger partial charge in [0.1, 0.15) is 0 Å². The van der Waals surface area contributed by atoms with Crippen molar-refractivity contribution >= 4 is 35.3 Å². The molecule has 0 bridgehead atoms. The van der Waals surface area contributed by atoms with E-state index in [2.05, 4.69) is 9.47 Å². The van der Waals surface area contributed by atoms with Gasteiger partial charge >= 0.3 is 29.0 Å². The fraction of sp³-hybridized carbons (Fsp3) is 0.500. The maximum atomic E-state index is 10.4. The normalized spacial score (nSPS) is 10.0. The molecular formula is C6H10MgO4.